The molecule has 0 bridgehead atoms. The third-order valence-electron chi connectivity index (χ3n) is 3.08. The van der Waals surface area contributed by atoms with E-state index in [-0.39, 0.29) is 0 Å². The fourth-order valence-corrected chi connectivity index (χ4v) is 2.11. The number of rotatable bonds is 5. The van der Waals surface area contributed by atoms with E-state index >= 15 is 0 Å². The van der Waals surface area contributed by atoms with Crippen LogP contribution in [0.5, 0.6) is 0 Å². The molecule has 2 rings (SSSR count). The summed E-state index contributed by atoms with van der Waals surface area (Å²) in [5.41, 5.74) is 1.28. The fraction of sp³-hybridized carbons (Fsp3) is 0.375. The molecule has 18 heavy (non-hydrogen) atoms. The highest BCUT2D eigenvalue weighted by molar-refractivity contribution is 5.44. The van der Waals surface area contributed by atoms with E-state index in [2.05, 4.69) is 72.4 Å². The number of aryl methyl sites for hydroxylation is 1. The zero-order chi connectivity index (χ0) is 12.8. The van der Waals surface area contributed by atoms with Crippen LogP contribution in [0, 0.1) is 5.92 Å². The minimum atomic E-state index is 1.09. The summed E-state index contributed by atoms with van der Waals surface area (Å²) in [6.07, 6.45) is 15.4. The second-order valence-corrected chi connectivity index (χ2v) is 4.65. The van der Waals surface area contributed by atoms with Gasteiger partial charge >= 0.3 is 0 Å². The molecule has 1 aromatic rings. The normalized spacial score (nSPS) is 15.3. The summed E-state index contributed by atoms with van der Waals surface area (Å²) in [4.78, 5) is 2.23. The predicted octanol–water partition coefficient (Wildman–Crippen LogP) is 3.06. The first-order valence-corrected chi connectivity index (χ1v) is 6.82. The molecule has 0 unspecified atom stereocenters. The lowest BCUT2D eigenvalue weighted by molar-refractivity contribution is -0.697. The Kier molecular flexibility index (Phi) is 4.57. The summed E-state index contributed by atoms with van der Waals surface area (Å²) in [7, 11) is 0. The number of hydrogen-bond donors (Lipinski definition) is 0. The molecule has 1 radical (unpaired) electrons. The monoisotopic (exact) mass is 242 g/mol. The van der Waals surface area contributed by atoms with Gasteiger partial charge in [-0.05, 0) is 12.0 Å². The van der Waals surface area contributed by atoms with Gasteiger partial charge in [0.2, 0.25) is 0 Å². The van der Waals surface area contributed by atoms with Gasteiger partial charge in [0.25, 0.3) is 0 Å². The molecule has 0 atom stereocenters. The van der Waals surface area contributed by atoms with Gasteiger partial charge in [-0.2, -0.15) is 0 Å². The van der Waals surface area contributed by atoms with Crippen LogP contribution in [0.4, 0.5) is 0 Å². The zero-order valence-electron chi connectivity index (χ0n) is 11.3. The second kappa shape index (κ2) is 6.39. The molecule has 2 heterocycles. The lowest BCUT2D eigenvalue weighted by Gasteiger charge is -2.20. The Labute approximate surface area is 110 Å². The van der Waals surface area contributed by atoms with Crippen LogP contribution in [0.3, 0.4) is 0 Å². The third kappa shape index (κ3) is 3.22. The summed E-state index contributed by atoms with van der Waals surface area (Å²) < 4.78 is 2.23. The van der Waals surface area contributed by atoms with E-state index in [1.165, 1.54) is 24.3 Å². The Morgan fingerprint density at radius 1 is 1.00 bits per heavy atom. The lowest BCUT2D eigenvalue weighted by Crippen LogP contribution is -2.32. The van der Waals surface area contributed by atoms with Crippen molar-refractivity contribution in [2.45, 2.75) is 33.2 Å². The molecule has 1 aliphatic rings. The third-order valence-corrected chi connectivity index (χ3v) is 3.08. The minimum Gasteiger partial charge on any atom is -0.355 e. The maximum absolute atomic E-state index is 2.23. The van der Waals surface area contributed by atoms with Crippen LogP contribution in [0.25, 0.3) is 0 Å². The van der Waals surface area contributed by atoms with Crippen molar-refractivity contribution in [1.29, 1.82) is 0 Å². The highest BCUT2D eigenvalue weighted by atomic mass is 15.1. The molecule has 0 fully saturated rings. The van der Waals surface area contributed by atoms with Crippen molar-refractivity contribution in [3.05, 3.63) is 60.6 Å². The van der Waals surface area contributed by atoms with Crippen LogP contribution >= 0.6 is 0 Å². The largest absolute Gasteiger partial charge is 0.355 e. The van der Waals surface area contributed by atoms with Gasteiger partial charge in [-0.1, -0.05) is 26.0 Å². The van der Waals surface area contributed by atoms with Crippen molar-refractivity contribution in [3.8, 4) is 0 Å². The average Bonchev–Trinajstić information content (AvgIpc) is 2.41. The topological polar surface area (TPSA) is 7.12 Å². The van der Waals surface area contributed by atoms with Gasteiger partial charge in [-0.3, -0.25) is 0 Å². The minimum absolute atomic E-state index is 1.09. The standard InChI is InChI=1S/C16H22N2/c1-3-9-17-11-5-15(6-12-17)16-7-13-18(10-4-2)14-8-16/h5-8,11-14H,3-4,9-10H2,1-2H3/q+1. The number of hydrogen-bond acceptors (Lipinski definition) is 1. The quantitative estimate of drug-likeness (QED) is 0.720. The maximum Gasteiger partial charge on any atom is 0.169 e. The zero-order valence-corrected chi connectivity index (χ0v) is 11.3. The summed E-state index contributed by atoms with van der Waals surface area (Å²) in [5, 5.41) is 0. The van der Waals surface area contributed by atoms with E-state index in [4.69, 9.17) is 0 Å². The van der Waals surface area contributed by atoms with E-state index in [1.54, 1.807) is 0 Å². The van der Waals surface area contributed by atoms with Gasteiger partial charge in [0.1, 0.15) is 6.54 Å². The average molecular weight is 242 g/mol. The summed E-state index contributed by atoms with van der Waals surface area (Å²) in [6, 6.07) is 4.38. The molecule has 0 N–H and O–H groups in total. The molecule has 0 spiro atoms. The molecule has 0 amide bonds. The summed E-state index contributed by atoms with van der Waals surface area (Å²) in [5.74, 6) is 1.28. The molecule has 0 saturated heterocycles. The molecular weight excluding hydrogens is 220 g/mol. The summed E-state index contributed by atoms with van der Waals surface area (Å²) in [6.45, 7) is 6.58. The van der Waals surface area contributed by atoms with Crippen molar-refractivity contribution >= 4 is 0 Å². The lowest BCUT2D eigenvalue weighted by atomic mass is 9.99. The van der Waals surface area contributed by atoms with E-state index in [0.29, 0.717) is 0 Å². The van der Waals surface area contributed by atoms with Crippen molar-refractivity contribution in [2.24, 2.45) is 0 Å². The van der Waals surface area contributed by atoms with Crippen LogP contribution in [0.15, 0.2) is 49.1 Å². The van der Waals surface area contributed by atoms with Crippen LogP contribution in [0.1, 0.15) is 32.3 Å². The van der Waals surface area contributed by atoms with Gasteiger partial charge in [0.05, 0.1) is 5.92 Å². The van der Waals surface area contributed by atoms with E-state index < -0.39 is 0 Å². The smallest absolute Gasteiger partial charge is 0.169 e. The Hall–Kier alpha value is -1.57. The second-order valence-electron chi connectivity index (χ2n) is 4.65. The van der Waals surface area contributed by atoms with E-state index in [1.807, 2.05) is 0 Å². The first-order chi connectivity index (χ1) is 8.83. The molecule has 1 aliphatic heterocycles. The Bertz CT molecular complexity index is 403. The Balaban J connectivity index is 2.01. The predicted molar refractivity (Wildman–Crippen MR) is 74.6 cm³/mol. The highest BCUT2D eigenvalue weighted by Crippen LogP contribution is 2.20. The Morgan fingerprint density at radius 3 is 2.22 bits per heavy atom. The van der Waals surface area contributed by atoms with Crippen LogP contribution < -0.4 is 4.57 Å². The van der Waals surface area contributed by atoms with Gasteiger partial charge in [0.15, 0.2) is 12.4 Å². The molecule has 1 aromatic heterocycles. The molecule has 2 nitrogen and oxygen atoms in total. The van der Waals surface area contributed by atoms with Crippen molar-refractivity contribution in [1.82, 2.24) is 4.90 Å². The number of pyridine rings is 1. The SMILES string of the molecule is CCCN1C=C[C](c2cc[n+](CCC)cc2)C=C1. The van der Waals surface area contributed by atoms with E-state index in [0.717, 1.165) is 13.1 Å². The van der Waals surface area contributed by atoms with Gasteiger partial charge < -0.3 is 4.90 Å². The van der Waals surface area contributed by atoms with Crippen LogP contribution in [-0.2, 0) is 6.54 Å². The Morgan fingerprint density at radius 2 is 1.67 bits per heavy atom. The molecule has 0 aliphatic carbocycles. The van der Waals surface area contributed by atoms with E-state index in [9.17, 15) is 0 Å². The molecule has 0 saturated carbocycles. The fourth-order valence-electron chi connectivity index (χ4n) is 2.11. The van der Waals surface area contributed by atoms with Gasteiger partial charge in [0, 0.05) is 37.5 Å². The van der Waals surface area contributed by atoms with Crippen LogP contribution in [0.2, 0.25) is 0 Å². The van der Waals surface area contributed by atoms with Gasteiger partial charge in [-0.25, -0.2) is 4.57 Å². The first-order valence-electron chi connectivity index (χ1n) is 6.82. The van der Waals surface area contributed by atoms with Crippen molar-refractivity contribution in [3.63, 3.8) is 0 Å². The molecular formula is C16H22N2+. The highest BCUT2D eigenvalue weighted by Gasteiger charge is 2.11. The molecule has 0 aromatic carbocycles. The number of allylic oxidation sites excluding steroid dienone is 2. The van der Waals surface area contributed by atoms with Crippen molar-refractivity contribution < 1.29 is 4.57 Å². The number of nitrogens with zero attached hydrogens (tertiary/aromatic N) is 2. The first kappa shape index (κ1) is 12.9. The van der Waals surface area contributed by atoms with Gasteiger partial charge in [-0.15, -0.1) is 0 Å². The maximum atomic E-state index is 2.23. The van der Waals surface area contributed by atoms with Crippen molar-refractivity contribution in [2.75, 3.05) is 6.54 Å². The number of aromatic nitrogens is 1. The summed E-state index contributed by atoms with van der Waals surface area (Å²) >= 11 is 0. The molecule has 2 heteroatoms. The van der Waals surface area contributed by atoms with Crippen LogP contribution in [-0.4, -0.2) is 11.4 Å². The molecule has 95 valence electrons.